The van der Waals surface area contributed by atoms with Crippen molar-refractivity contribution < 1.29 is 22.0 Å². The number of amides is 1. The van der Waals surface area contributed by atoms with Gasteiger partial charge in [0.2, 0.25) is 5.95 Å². The van der Waals surface area contributed by atoms with Gasteiger partial charge in [0.1, 0.15) is 5.82 Å². The van der Waals surface area contributed by atoms with Gasteiger partial charge in [-0.2, -0.15) is 4.39 Å². The molecule has 180 valence electrons. The summed E-state index contributed by atoms with van der Waals surface area (Å²) in [5.41, 5.74) is 2.65. The number of para-hydroxylation sites is 1. The number of halogens is 2. The highest BCUT2D eigenvalue weighted by Gasteiger charge is 2.22. The van der Waals surface area contributed by atoms with Crippen LogP contribution in [0.4, 0.5) is 8.78 Å². The fraction of sp³-hybridized carbons (Fsp3) is 0.0370. The third-order valence-electron chi connectivity index (χ3n) is 5.76. The Labute approximate surface area is 205 Å². The molecule has 1 N–H and O–H groups in total. The van der Waals surface area contributed by atoms with Gasteiger partial charge in [-0.1, -0.05) is 30.3 Å². The van der Waals surface area contributed by atoms with E-state index in [4.69, 9.17) is 0 Å². The third kappa shape index (κ3) is 4.48. The number of carbonyl (C=O) groups is 1. The molecule has 2 heterocycles. The third-order valence-corrected chi connectivity index (χ3v) is 7.44. The maximum Gasteiger partial charge on any atom is 0.268 e. The Morgan fingerprint density at radius 1 is 0.889 bits per heavy atom. The number of pyridine rings is 1. The lowest BCUT2D eigenvalue weighted by molar-refractivity contribution is 0.0951. The monoisotopic (exact) mass is 503 g/mol. The Morgan fingerprint density at radius 2 is 1.61 bits per heavy atom. The summed E-state index contributed by atoms with van der Waals surface area (Å²) in [6.45, 7) is 0.204. The van der Waals surface area contributed by atoms with E-state index in [-0.39, 0.29) is 28.7 Å². The Bertz CT molecular complexity index is 1660. The van der Waals surface area contributed by atoms with E-state index in [2.05, 4.69) is 10.3 Å². The van der Waals surface area contributed by atoms with E-state index in [9.17, 15) is 22.0 Å². The minimum atomic E-state index is -4.01. The van der Waals surface area contributed by atoms with Crippen LogP contribution in [0.15, 0.2) is 102 Å². The van der Waals surface area contributed by atoms with Crippen molar-refractivity contribution in [2.75, 3.05) is 0 Å². The molecule has 36 heavy (non-hydrogen) atoms. The van der Waals surface area contributed by atoms with E-state index < -0.39 is 16.0 Å². The number of hydrogen-bond donors (Lipinski definition) is 1. The summed E-state index contributed by atoms with van der Waals surface area (Å²) in [7, 11) is -4.01. The minimum absolute atomic E-state index is 0.00196. The molecule has 5 aromatic rings. The van der Waals surface area contributed by atoms with E-state index in [0.29, 0.717) is 22.0 Å². The highest BCUT2D eigenvalue weighted by atomic mass is 32.2. The molecule has 1 amide bonds. The average molecular weight is 504 g/mol. The van der Waals surface area contributed by atoms with Crippen LogP contribution in [0, 0.1) is 11.8 Å². The lowest BCUT2D eigenvalue weighted by Crippen LogP contribution is -2.22. The second-order valence-corrected chi connectivity index (χ2v) is 9.88. The van der Waals surface area contributed by atoms with E-state index in [0.717, 1.165) is 5.56 Å². The molecule has 6 nitrogen and oxygen atoms in total. The summed E-state index contributed by atoms with van der Waals surface area (Å²) >= 11 is 0. The van der Waals surface area contributed by atoms with Gasteiger partial charge in [-0.15, -0.1) is 0 Å². The molecule has 0 unspecified atom stereocenters. The topological polar surface area (TPSA) is 81.1 Å². The Kier molecular flexibility index (Phi) is 6.07. The molecule has 5 rings (SSSR count). The summed E-state index contributed by atoms with van der Waals surface area (Å²) < 4.78 is 54.6. The molecule has 0 spiro atoms. The molecule has 9 heteroatoms. The Balaban J connectivity index is 1.43. The number of aromatic nitrogens is 2. The average Bonchev–Trinajstić information content (AvgIpc) is 3.29. The largest absolute Gasteiger partial charge is 0.348 e. The summed E-state index contributed by atoms with van der Waals surface area (Å²) in [4.78, 5) is 16.2. The van der Waals surface area contributed by atoms with Crippen molar-refractivity contribution in [3.05, 3.63) is 120 Å². The number of rotatable bonds is 6. The van der Waals surface area contributed by atoms with Gasteiger partial charge in [-0.3, -0.25) is 4.79 Å². The van der Waals surface area contributed by atoms with Crippen molar-refractivity contribution in [2.45, 2.75) is 11.4 Å². The highest BCUT2D eigenvalue weighted by molar-refractivity contribution is 7.90. The van der Waals surface area contributed by atoms with Gasteiger partial charge in [0.15, 0.2) is 0 Å². The van der Waals surface area contributed by atoms with Crippen molar-refractivity contribution in [2.24, 2.45) is 0 Å². The Morgan fingerprint density at radius 3 is 2.31 bits per heavy atom. The van der Waals surface area contributed by atoms with Crippen molar-refractivity contribution in [1.82, 2.24) is 14.3 Å². The first-order chi connectivity index (χ1) is 17.3. The fourth-order valence-corrected chi connectivity index (χ4v) is 5.26. The number of nitrogens with zero attached hydrogens (tertiary/aromatic N) is 2. The van der Waals surface area contributed by atoms with Gasteiger partial charge in [0.05, 0.1) is 10.4 Å². The first-order valence-corrected chi connectivity index (χ1v) is 12.4. The molecule has 0 fully saturated rings. The zero-order valence-corrected chi connectivity index (χ0v) is 19.5. The summed E-state index contributed by atoms with van der Waals surface area (Å²) in [6.07, 6.45) is 2.84. The van der Waals surface area contributed by atoms with Crippen molar-refractivity contribution >= 4 is 26.8 Å². The second kappa shape index (κ2) is 9.35. The zero-order chi connectivity index (χ0) is 25.3. The number of nitrogens with one attached hydrogen (secondary N) is 1. The van der Waals surface area contributed by atoms with Gasteiger partial charge in [0, 0.05) is 41.0 Å². The molecule has 2 aromatic heterocycles. The van der Waals surface area contributed by atoms with Crippen LogP contribution in [0.25, 0.3) is 22.0 Å². The lowest BCUT2D eigenvalue weighted by Gasteiger charge is -2.09. The minimum Gasteiger partial charge on any atom is -0.348 e. The molecular formula is C27H19F2N3O3S. The van der Waals surface area contributed by atoms with Crippen LogP contribution in [0.5, 0.6) is 0 Å². The molecule has 0 bridgehead atoms. The molecule has 0 radical (unpaired) electrons. The number of carbonyl (C=O) groups excluding carboxylic acids is 1. The number of fused-ring (bicyclic) bond motifs is 1. The number of benzene rings is 3. The van der Waals surface area contributed by atoms with Crippen LogP contribution in [0.3, 0.4) is 0 Å². The van der Waals surface area contributed by atoms with Gasteiger partial charge in [0.25, 0.3) is 15.9 Å². The standard InChI is InChI=1S/C27H19F2N3O3S/c28-21-10-5-18(6-11-21)15-31-27(33)19-7-12-22(13-8-19)36(34,35)32-17-24(20-9-14-26(29)30-16-20)23-3-1-2-4-25(23)32/h1-14,16-17H,15H2,(H,31,33). The molecule has 0 aliphatic heterocycles. The molecule has 0 atom stereocenters. The molecule has 3 aromatic carbocycles. The molecule has 0 aliphatic rings. The van der Waals surface area contributed by atoms with Crippen LogP contribution in [-0.2, 0) is 16.6 Å². The van der Waals surface area contributed by atoms with Gasteiger partial charge >= 0.3 is 0 Å². The van der Waals surface area contributed by atoms with Crippen LogP contribution < -0.4 is 5.32 Å². The molecule has 0 saturated heterocycles. The van der Waals surface area contributed by atoms with Crippen LogP contribution >= 0.6 is 0 Å². The molecular weight excluding hydrogens is 484 g/mol. The first-order valence-electron chi connectivity index (χ1n) is 10.9. The second-order valence-electron chi connectivity index (χ2n) is 8.06. The summed E-state index contributed by atoms with van der Waals surface area (Å²) in [5, 5.41) is 3.40. The van der Waals surface area contributed by atoms with Crippen molar-refractivity contribution in [1.29, 1.82) is 0 Å². The highest BCUT2D eigenvalue weighted by Crippen LogP contribution is 2.32. The van der Waals surface area contributed by atoms with E-state index in [1.54, 1.807) is 42.5 Å². The first kappa shape index (κ1) is 23.4. The Hall–Kier alpha value is -4.37. The lowest BCUT2D eigenvalue weighted by atomic mass is 10.1. The van der Waals surface area contributed by atoms with E-state index >= 15 is 0 Å². The zero-order valence-electron chi connectivity index (χ0n) is 18.7. The maximum atomic E-state index is 13.5. The predicted molar refractivity (Wildman–Crippen MR) is 132 cm³/mol. The van der Waals surface area contributed by atoms with Crippen LogP contribution in [-0.4, -0.2) is 23.3 Å². The van der Waals surface area contributed by atoms with Gasteiger partial charge in [-0.05, 0) is 60.2 Å². The van der Waals surface area contributed by atoms with Crippen molar-refractivity contribution in [3.8, 4) is 11.1 Å². The SMILES string of the molecule is O=C(NCc1ccc(F)cc1)c1ccc(S(=O)(=O)n2cc(-c3ccc(F)nc3)c3ccccc32)cc1. The normalized spacial score (nSPS) is 11.5. The summed E-state index contributed by atoms with van der Waals surface area (Å²) in [6, 6.07) is 21.1. The number of hydrogen-bond acceptors (Lipinski definition) is 4. The van der Waals surface area contributed by atoms with Crippen LogP contribution in [0.2, 0.25) is 0 Å². The van der Waals surface area contributed by atoms with E-state index in [1.165, 1.54) is 58.8 Å². The quantitative estimate of drug-likeness (QED) is 0.325. The smallest absolute Gasteiger partial charge is 0.268 e. The van der Waals surface area contributed by atoms with Gasteiger partial charge in [-0.25, -0.2) is 21.8 Å². The maximum absolute atomic E-state index is 13.5. The molecule has 0 aliphatic carbocycles. The molecule has 0 saturated carbocycles. The van der Waals surface area contributed by atoms with Crippen LogP contribution in [0.1, 0.15) is 15.9 Å². The fourth-order valence-electron chi connectivity index (χ4n) is 3.89. The van der Waals surface area contributed by atoms with Crippen molar-refractivity contribution in [3.63, 3.8) is 0 Å². The predicted octanol–water partition coefficient (Wildman–Crippen LogP) is 5.15. The van der Waals surface area contributed by atoms with Gasteiger partial charge < -0.3 is 5.32 Å². The van der Waals surface area contributed by atoms with E-state index in [1.807, 2.05) is 0 Å². The summed E-state index contributed by atoms with van der Waals surface area (Å²) in [5.74, 6) is -1.38.